The molecule has 0 unspecified atom stereocenters. The maximum absolute atomic E-state index is 10.3. The van der Waals surface area contributed by atoms with E-state index in [0.29, 0.717) is 0 Å². The van der Waals surface area contributed by atoms with Crippen LogP contribution in [0.2, 0.25) is 0 Å². The van der Waals surface area contributed by atoms with E-state index in [4.69, 9.17) is 0 Å². The van der Waals surface area contributed by atoms with E-state index in [0.717, 1.165) is 18.5 Å². The fourth-order valence-corrected chi connectivity index (χ4v) is 2.39. The maximum Gasteiger partial charge on any atom is 0.0942 e. The molecule has 1 saturated heterocycles. The Hall–Kier alpha value is -0.570. The zero-order valence-corrected chi connectivity index (χ0v) is 12.3. The molecule has 0 bridgehead atoms. The van der Waals surface area contributed by atoms with E-state index in [1.807, 2.05) is 0 Å². The lowest BCUT2D eigenvalue weighted by Crippen LogP contribution is -2.28. The van der Waals surface area contributed by atoms with Crippen LogP contribution in [-0.2, 0) is 5.41 Å². The smallest absolute Gasteiger partial charge is 0.0942 e. The average molecular weight is 270 g/mol. The number of halogens is 1. The zero-order chi connectivity index (χ0) is 12.5. The Morgan fingerprint density at radius 3 is 2.28 bits per heavy atom. The Morgan fingerprint density at radius 1 is 1.22 bits per heavy atom. The Kier molecular flexibility index (Phi) is 5.20. The summed E-state index contributed by atoms with van der Waals surface area (Å²) in [7, 11) is 0. The molecule has 1 aromatic rings. The van der Waals surface area contributed by atoms with Crippen LogP contribution in [0.15, 0.2) is 24.3 Å². The third-order valence-corrected chi connectivity index (χ3v) is 3.60. The third kappa shape index (κ3) is 3.47. The molecule has 18 heavy (non-hydrogen) atoms. The first-order chi connectivity index (χ1) is 7.98. The molecule has 1 aliphatic rings. The van der Waals surface area contributed by atoms with Gasteiger partial charge in [-0.25, -0.2) is 0 Å². The van der Waals surface area contributed by atoms with Crippen molar-refractivity contribution in [3.05, 3.63) is 35.4 Å². The van der Waals surface area contributed by atoms with Crippen molar-refractivity contribution in [2.45, 2.75) is 51.2 Å². The van der Waals surface area contributed by atoms with E-state index >= 15 is 0 Å². The van der Waals surface area contributed by atoms with Crippen molar-refractivity contribution < 1.29 is 5.11 Å². The largest absolute Gasteiger partial charge is 0.387 e. The number of aliphatic hydroxyl groups is 1. The Balaban J connectivity index is 0.00000162. The van der Waals surface area contributed by atoms with Crippen LogP contribution in [0, 0.1) is 0 Å². The molecule has 0 radical (unpaired) electrons. The van der Waals surface area contributed by atoms with Crippen molar-refractivity contribution in [2.24, 2.45) is 0 Å². The van der Waals surface area contributed by atoms with Gasteiger partial charge in [0.1, 0.15) is 0 Å². The molecule has 0 aromatic heterocycles. The Bertz CT molecular complexity index is 363. The van der Waals surface area contributed by atoms with Crippen LogP contribution in [0.1, 0.15) is 50.8 Å². The molecule has 1 aromatic carbocycles. The van der Waals surface area contributed by atoms with Gasteiger partial charge in [0.15, 0.2) is 0 Å². The van der Waals surface area contributed by atoms with Gasteiger partial charge in [0.2, 0.25) is 0 Å². The summed E-state index contributed by atoms with van der Waals surface area (Å²) >= 11 is 0. The fraction of sp³-hybridized carbons (Fsp3) is 0.600. The molecule has 0 amide bonds. The van der Waals surface area contributed by atoms with Crippen molar-refractivity contribution in [3.8, 4) is 0 Å². The molecule has 3 heteroatoms. The minimum absolute atomic E-state index is 0. The number of benzene rings is 1. The summed E-state index contributed by atoms with van der Waals surface area (Å²) in [5, 5.41) is 13.6. The van der Waals surface area contributed by atoms with Gasteiger partial charge in [-0.1, -0.05) is 45.0 Å². The van der Waals surface area contributed by atoms with Gasteiger partial charge < -0.3 is 10.4 Å². The summed E-state index contributed by atoms with van der Waals surface area (Å²) in [5.41, 5.74) is 2.51. The summed E-state index contributed by atoms with van der Waals surface area (Å²) in [6, 6.07) is 8.62. The second-order valence-electron chi connectivity index (χ2n) is 6.02. The molecular weight excluding hydrogens is 246 g/mol. The molecule has 2 nitrogen and oxygen atoms in total. The summed E-state index contributed by atoms with van der Waals surface area (Å²) in [6.07, 6.45) is 1.87. The lowest BCUT2D eigenvalue weighted by Gasteiger charge is -2.22. The van der Waals surface area contributed by atoms with Gasteiger partial charge in [-0.2, -0.15) is 0 Å². The molecular formula is C15H24ClNO. The van der Waals surface area contributed by atoms with Crippen LogP contribution >= 0.6 is 12.4 Å². The number of rotatable bonds is 2. The Morgan fingerprint density at radius 2 is 1.83 bits per heavy atom. The van der Waals surface area contributed by atoms with Crippen LogP contribution < -0.4 is 5.32 Å². The fourth-order valence-electron chi connectivity index (χ4n) is 2.39. The lowest BCUT2D eigenvalue weighted by atomic mass is 9.86. The first-order valence-electron chi connectivity index (χ1n) is 6.50. The molecule has 1 fully saturated rings. The zero-order valence-electron chi connectivity index (χ0n) is 11.4. The highest BCUT2D eigenvalue weighted by Crippen LogP contribution is 2.26. The number of aliphatic hydroxyl groups excluding tert-OH is 1. The van der Waals surface area contributed by atoms with Gasteiger partial charge in [0.05, 0.1) is 6.10 Å². The van der Waals surface area contributed by atoms with Gasteiger partial charge in [-0.05, 0) is 35.9 Å². The van der Waals surface area contributed by atoms with Gasteiger partial charge in [-0.15, -0.1) is 12.4 Å². The normalized spacial score (nSPS) is 21.4. The second-order valence-corrected chi connectivity index (χ2v) is 6.02. The van der Waals surface area contributed by atoms with E-state index in [1.54, 1.807) is 0 Å². The van der Waals surface area contributed by atoms with Gasteiger partial charge in [0.25, 0.3) is 0 Å². The SMILES string of the molecule is CC(C)(C)c1ccc([C@H](O)[C@H]2CCCN2)cc1.Cl. The lowest BCUT2D eigenvalue weighted by molar-refractivity contribution is 0.137. The molecule has 2 N–H and O–H groups in total. The van der Waals surface area contributed by atoms with Crippen LogP contribution in [0.4, 0.5) is 0 Å². The van der Waals surface area contributed by atoms with Gasteiger partial charge >= 0.3 is 0 Å². The first-order valence-corrected chi connectivity index (χ1v) is 6.50. The van der Waals surface area contributed by atoms with Gasteiger partial charge in [0, 0.05) is 6.04 Å². The molecule has 2 rings (SSSR count). The Labute approximate surface area is 116 Å². The van der Waals surface area contributed by atoms with E-state index in [1.165, 1.54) is 12.0 Å². The van der Waals surface area contributed by atoms with E-state index < -0.39 is 0 Å². The predicted octanol–water partition coefficient (Wildman–Crippen LogP) is 3.19. The van der Waals surface area contributed by atoms with Crippen molar-refractivity contribution >= 4 is 12.4 Å². The summed E-state index contributed by atoms with van der Waals surface area (Å²) in [5.74, 6) is 0. The molecule has 2 atom stereocenters. The van der Waals surface area contributed by atoms with Crippen molar-refractivity contribution in [1.29, 1.82) is 0 Å². The minimum atomic E-state index is -0.369. The standard InChI is InChI=1S/C15H23NO.ClH/c1-15(2,3)12-8-6-11(7-9-12)14(17)13-5-4-10-16-13;/h6-9,13-14,16-17H,4-5,10H2,1-3H3;1H/t13-,14+;/m1./s1. The first kappa shape index (κ1) is 15.5. The van der Waals surface area contributed by atoms with E-state index in [2.05, 4.69) is 50.4 Å². The van der Waals surface area contributed by atoms with Crippen LogP contribution in [0.3, 0.4) is 0 Å². The number of nitrogens with one attached hydrogen (secondary N) is 1. The molecule has 1 aliphatic heterocycles. The van der Waals surface area contributed by atoms with Crippen LogP contribution in [0.25, 0.3) is 0 Å². The predicted molar refractivity (Wildman–Crippen MR) is 78.4 cm³/mol. The quantitative estimate of drug-likeness (QED) is 0.864. The molecule has 0 aliphatic carbocycles. The number of hydrogen-bond donors (Lipinski definition) is 2. The van der Waals surface area contributed by atoms with Crippen molar-refractivity contribution in [3.63, 3.8) is 0 Å². The highest BCUT2D eigenvalue weighted by Gasteiger charge is 2.24. The third-order valence-electron chi connectivity index (χ3n) is 3.60. The minimum Gasteiger partial charge on any atom is -0.387 e. The summed E-state index contributed by atoms with van der Waals surface area (Å²) in [6.45, 7) is 7.65. The van der Waals surface area contributed by atoms with Crippen molar-refractivity contribution in [1.82, 2.24) is 5.32 Å². The maximum atomic E-state index is 10.3. The second kappa shape index (κ2) is 6.05. The highest BCUT2D eigenvalue weighted by molar-refractivity contribution is 5.85. The molecule has 0 spiro atoms. The average Bonchev–Trinajstić information content (AvgIpc) is 2.80. The van der Waals surface area contributed by atoms with Crippen LogP contribution in [-0.4, -0.2) is 17.7 Å². The topological polar surface area (TPSA) is 32.3 Å². The number of hydrogen-bond acceptors (Lipinski definition) is 2. The van der Waals surface area contributed by atoms with E-state index in [-0.39, 0.29) is 30.0 Å². The van der Waals surface area contributed by atoms with Gasteiger partial charge in [-0.3, -0.25) is 0 Å². The van der Waals surface area contributed by atoms with Crippen molar-refractivity contribution in [2.75, 3.05) is 6.54 Å². The molecule has 1 heterocycles. The monoisotopic (exact) mass is 269 g/mol. The van der Waals surface area contributed by atoms with E-state index in [9.17, 15) is 5.11 Å². The van der Waals surface area contributed by atoms with Crippen LogP contribution in [0.5, 0.6) is 0 Å². The molecule has 0 saturated carbocycles. The molecule has 102 valence electrons. The summed E-state index contributed by atoms with van der Waals surface area (Å²) in [4.78, 5) is 0. The highest BCUT2D eigenvalue weighted by atomic mass is 35.5. The summed E-state index contributed by atoms with van der Waals surface area (Å²) < 4.78 is 0.